The molecule has 0 atom stereocenters. The molecule has 0 aliphatic carbocycles. The number of nitrogens with one attached hydrogen (secondary N) is 1. The highest BCUT2D eigenvalue weighted by Crippen LogP contribution is 2.40. The minimum atomic E-state index is -0.278. The topological polar surface area (TPSA) is 12.0 Å². The third kappa shape index (κ3) is 3.38. The lowest BCUT2D eigenvalue weighted by molar-refractivity contribution is 0.633. The van der Waals surface area contributed by atoms with Gasteiger partial charge in [0.15, 0.2) is 0 Å². The average molecular weight is 464 g/mol. The summed E-state index contributed by atoms with van der Waals surface area (Å²) in [5.41, 5.74) is 4.99. The smallest absolute Gasteiger partial charge is 0.147 e. The van der Waals surface area contributed by atoms with Gasteiger partial charge in [-0.15, -0.1) is 0 Å². The molecule has 0 radical (unpaired) electrons. The zero-order valence-electron chi connectivity index (χ0n) is 19.5. The maximum Gasteiger partial charge on any atom is 0.147 e. The molecule has 7 aromatic carbocycles. The fourth-order valence-corrected chi connectivity index (χ4v) is 5.35. The second kappa shape index (κ2) is 8.21. The van der Waals surface area contributed by atoms with Crippen molar-refractivity contribution in [3.63, 3.8) is 0 Å². The van der Waals surface area contributed by atoms with Crippen LogP contribution >= 0.6 is 0 Å². The zero-order chi connectivity index (χ0) is 24.1. The molecule has 0 aliphatic heterocycles. The van der Waals surface area contributed by atoms with Crippen LogP contribution in [0, 0.1) is 5.82 Å². The Morgan fingerprint density at radius 1 is 0.444 bits per heavy atom. The predicted octanol–water partition coefficient (Wildman–Crippen LogP) is 9.80. The van der Waals surface area contributed by atoms with Crippen LogP contribution in [-0.2, 0) is 0 Å². The molecule has 0 heterocycles. The lowest BCUT2D eigenvalue weighted by Gasteiger charge is -2.18. The van der Waals surface area contributed by atoms with Crippen LogP contribution in [0.1, 0.15) is 0 Å². The standard InChI is InChI=1S/C34H22FN/c35-31-21-28(22-8-3-1-4-9-22)20-30(23-10-5-2-6-11-23)34(31)36-29-18-26-16-14-24-12-7-13-25-15-17-27(19-29)33(26)32(24)25/h1-21,36H. The van der Waals surface area contributed by atoms with Gasteiger partial charge in [-0.3, -0.25) is 0 Å². The van der Waals surface area contributed by atoms with E-state index in [1.807, 2.05) is 60.7 Å². The first-order chi connectivity index (χ1) is 17.7. The van der Waals surface area contributed by atoms with E-state index in [1.165, 1.54) is 21.5 Å². The van der Waals surface area contributed by atoms with Crippen LogP contribution in [0.5, 0.6) is 0 Å². The van der Waals surface area contributed by atoms with Gasteiger partial charge >= 0.3 is 0 Å². The maximum absolute atomic E-state index is 15.8. The van der Waals surface area contributed by atoms with E-state index in [9.17, 15) is 0 Å². The molecule has 1 N–H and O–H groups in total. The van der Waals surface area contributed by atoms with E-state index in [4.69, 9.17) is 0 Å². The van der Waals surface area contributed by atoms with Gasteiger partial charge in [-0.05, 0) is 73.3 Å². The van der Waals surface area contributed by atoms with E-state index in [1.54, 1.807) is 6.07 Å². The van der Waals surface area contributed by atoms with Gasteiger partial charge in [0.05, 0.1) is 5.69 Å². The molecular formula is C34H22FN. The molecule has 36 heavy (non-hydrogen) atoms. The van der Waals surface area contributed by atoms with Gasteiger partial charge in [-0.1, -0.05) is 103 Å². The van der Waals surface area contributed by atoms with Crippen LogP contribution in [0.25, 0.3) is 54.6 Å². The summed E-state index contributed by atoms with van der Waals surface area (Å²) in [5.74, 6) is -0.278. The highest BCUT2D eigenvalue weighted by Gasteiger charge is 2.16. The summed E-state index contributed by atoms with van der Waals surface area (Å²) in [7, 11) is 0. The first-order valence-electron chi connectivity index (χ1n) is 12.1. The number of anilines is 2. The van der Waals surface area contributed by atoms with Gasteiger partial charge in [0.2, 0.25) is 0 Å². The van der Waals surface area contributed by atoms with Gasteiger partial charge in [0, 0.05) is 11.3 Å². The van der Waals surface area contributed by atoms with Gasteiger partial charge in [0.25, 0.3) is 0 Å². The lowest BCUT2D eigenvalue weighted by atomic mass is 9.93. The van der Waals surface area contributed by atoms with E-state index in [-0.39, 0.29) is 5.82 Å². The van der Waals surface area contributed by atoms with Crippen molar-refractivity contribution >= 4 is 43.7 Å². The maximum atomic E-state index is 15.8. The molecule has 0 spiro atoms. The number of rotatable bonds is 4. The summed E-state index contributed by atoms with van der Waals surface area (Å²) in [6.07, 6.45) is 0. The summed E-state index contributed by atoms with van der Waals surface area (Å²) in [6, 6.07) is 42.9. The normalized spacial score (nSPS) is 11.5. The van der Waals surface area contributed by atoms with Gasteiger partial charge in [0.1, 0.15) is 5.82 Å². The highest BCUT2D eigenvalue weighted by atomic mass is 19.1. The second-order valence-electron chi connectivity index (χ2n) is 9.25. The van der Waals surface area contributed by atoms with Crippen molar-refractivity contribution in [2.75, 3.05) is 5.32 Å². The van der Waals surface area contributed by atoms with Crippen LogP contribution in [0.15, 0.2) is 127 Å². The Labute approximate surface area is 208 Å². The van der Waals surface area contributed by atoms with Crippen LogP contribution in [0.3, 0.4) is 0 Å². The molecule has 0 aliphatic rings. The van der Waals surface area contributed by atoms with Crippen LogP contribution in [-0.4, -0.2) is 0 Å². The molecule has 7 aromatic rings. The first-order valence-corrected chi connectivity index (χ1v) is 12.1. The summed E-state index contributed by atoms with van der Waals surface area (Å²) < 4.78 is 15.8. The Morgan fingerprint density at radius 3 is 1.64 bits per heavy atom. The summed E-state index contributed by atoms with van der Waals surface area (Å²) in [6.45, 7) is 0. The third-order valence-electron chi connectivity index (χ3n) is 7.01. The molecule has 0 saturated carbocycles. The van der Waals surface area contributed by atoms with Crippen molar-refractivity contribution in [2.45, 2.75) is 0 Å². The van der Waals surface area contributed by atoms with Gasteiger partial charge < -0.3 is 5.32 Å². The van der Waals surface area contributed by atoms with Crippen molar-refractivity contribution in [1.29, 1.82) is 0 Å². The fraction of sp³-hybridized carbons (Fsp3) is 0. The van der Waals surface area contributed by atoms with Crippen molar-refractivity contribution in [3.8, 4) is 22.3 Å². The molecular weight excluding hydrogens is 441 g/mol. The third-order valence-corrected chi connectivity index (χ3v) is 7.01. The molecule has 1 nitrogen and oxygen atoms in total. The fourth-order valence-electron chi connectivity index (χ4n) is 5.35. The minimum Gasteiger partial charge on any atom is -0.353 e. The largest absolute Gasteiger partial charge is 0.353 e. The molecule has 2 heteroatoms. The Bertz CT molecular complexity index is 1790. The second-order valence-corrected chi connectivity index (χ2v) is 9.25. The van der Waals surface area contributed by atoms with Crippen LogP contribution < -0.4 is 5.32 Å². The minimum absolute atomic E-state index is 0.278. The van der Waals surface area contributed by atoms with E-state index >= 15 is 4.39 Å². The van der Waals surface area contributed by atoms with E-state index in [0.717, 1.165) is 38.7 Å². The van der Waals surface area contributed by atoms with Crippen LogP contribution in [0.4, 0.5) is 15.8 Å². The first kappa shape index (κ1) is 20.7. The van der Waals surface area contributed by atoms with Crippen LogP contribution in [0.2, 0.25) is 0 Å². The molecule has 0 unspecified atom stereocenters. The Morgan fingerprint density at radius 2 is 1.00 bits per heavy atom. The molecule has 0 fully saturated rings. The number of hydrogen-bond acceptors (Lipinski definition) is 1. The predicted molar refractivity (Wildman–Crippen MR) is 151 cm³/mol. The molecule has 170 valence electrons. The van der Waals surface area contributed by atoms with Crippen molar-refractivity contribution in [3.05, 3.63) is 133 Å². The van der Waals surface area contributed by atoms with E-state index in [0.29, 0.717) is 5.69 Å². The molecule has 0 saturated heterocycles. The number of benzene rings is 7. The van der Waals surface area contributed by atoms with E-state index in [2.05, 4.69) is 66.0 Å². The zero-order valence-corrected chi connectivity index (χ0v) is 19.5. The molecule has 0 aromatic heterocycles. The Hall–Kier alpha value is -4.69. The highest BCUT2D eigenvalue weighted by molar-refractivity contribution is 6.23. The van der Waals surface area contributed by atoms with Crippen molar-refractivity contribution < 1.29 is 4.39 Å². The molecule has 0 bridgehead atoms. The van der Waals surface area contributed by atoms with Crippen molar-refractivity contribution in [1.82, 2.24) is 0 Å². The summed E-state index contributed by atoms with van der Waals surface area (Å²) >= 11 is 0. The molecule has 7 rings (SSSR count). The van der Waals surface area contributed by atoms with Crippen molar-refractivity contribution in [2.24, 2.45) is 0 Å². The monoisotopic (exact) mass is 463 g/mol. The number of hydrogen-bond donors (Lipinski definition) is 1. The Balaban J connectivity index is 1.40. The lowest BCUT2D eigenvalue weighted by Crippen LogP contribution is -1.99. The van der Waals surface area contributed by atoms with E-state index < -0.39 is 0 Å². The van der Waals surface area contributed by atoms with Gasteiger partial charge in [-0.25, -0.2) is 4.39 Å². The average Bonchev–Trinajstić information content (AvgIpc) is 2.93. The molecule has 0 amide bonds. The SMILES string of the molecule is Fc1cc(-c2ccccc2)cc(-c2ccccc2)c1Nc1cc2ccc3cccc4ccc(c1)c2c34. The number of halogens is 1. The Kier molecular flexibility index (Phi) is 4.71. The summed E-state index contributed by atoms with van der Waals surface area (Å²) in [5, 5.41) is 10.7. The van der Waals surface area contributed by atoms with Gasteiger partial charge in [-0.2, -0.15) is 0 Å². The quantitative estimate of drug-likeness (QED) is 0.256. The summed E-state index contributed by atoms with van der Waals surface area (Å²) in [4.78, 5) is 0.